The van der Waals surface area contributed by atoms with Crippen molar-refractivity contribution >= 4 is 17.7 Å². The van der Waals surface area contributed by atoms with Gasteiger partial charge in [0.25, 0.3) is 0 Å². The van der Waals surface area contributed by atoms with Crippen LogP contribution in [-0.4, -0.2) is 30.3 Å². The van der Waals surface area contributed by atoms with Crippen molar-refractivity contribution in [1.82, 2.24) is 0 Å². The summed E-state index contributed by atoms with van der Waals surface area (Å²) >= 11 is 1.71. The first-order valence-corrected chi connectivity index (χ1v) is 9.00. The van der Waals surface area contributed by atoms with Gasteiger partial charge >= 0.3 is 5.97 Å². The molecule has 4 heteroatoms. The molecule has 0 bridgehead atoms. The van der Waals surface area contributed by atoms with Crippen LogP contribution >= 0.6 is 11.8 Å². The number of alkyl halides is 1. The van der Waals surface area contributed by atoms with E-state index in [1.54, 1.807) is 11.8 Å². The van der Waals surface area contributed by atoms with Gasteiger partial charge in [-0.15, -0.1) is 11.8 Å². The minimum Gasteiger partial charge on any atom is -0.465 e. The number of ether oxygens (including phenoxy) is 1. The predicted octanol–water partition coefficient (Wildman–Crippen LogP) is 5.01. The normalized spacial score (nSPS) is 12.7. The van der Waals surface area contributed by atoms with Gasteiger partial charge in [0.05, 0.1) is 13.3 Å². The van der Waals surface area contributed by atoms with Crippen molar-refractivity contribution < 1.29 is 13.9 Å². The second kappa shape index (κ2) is 13.7. The van der Waals surface area contributed by atoms with Gasteiger partial charge in [0, 0.05) is 0 Å². The first-order chi connectivity index (χ1) is 9.61. The van der Waals surface area contributed by atoms with Gasteiger partial charge in [-0.2, -0.15) is 0 Å². The molecule has 0 heterocycles. The maximum Gasteiger partial charge on any atom is 0.319 e. The van der Waals surface area contributed by atoms with Crippen LogP contribution in [0, 0.1) is 5.92 Å². The fraction of sp³-hybridized carbons (Fsp3) is 0.938. The molecule has 0 saturated carbocycles. The Kier molecular flexibility index (Phi) is 13.5. The smallest absolute Gasteiger partial charge is 0.319 e. The van der Waals surface area contributed by atoms with Crippen LogP contribution in [-0.2, 0) is 9.53 Å². The van der Waals surface area contributed by atoms with E-state index in [9.17, 15) is 9.18 Å². The van der Waals surface area contributed by atoms with Crippen LogP contribution in [0.3, 0.4) is 0 Å². The van der Waals surface area contributed by atoms with Crippen molar-refractivity contribution in [2.24, 2.45) is 5.92 Å². The van der Waals surface area contributed by atoms with Crippen molar-refractivity contribution in [3.63, 3.8) is 0 Å². The first-order valence-electron chi connectivity index (χ1n) is 7.96. The van der Waals surface area contributed by atoms with Crippen LogP contribution in [0.15, 0.2) is 0 Å². The lowest BCUT2D eigenvalue weighted by Crippen LogP contribution is -2.22. The van der Waals surface area contributed by atoms with Crippen LogP contribution in [0.4, 0.5) is 4.39 Å². The molecule has 1 unspecified atom stereocenters. The Morgan fingerprint density at radius 1 is 1.15 bits per heavy atom. The first kappa shape index (κ1) is 19.8. The number of carbonyl (C=O) groups excluding carboxylic acids is 1. The Balaban J connectivity index is 3.91. The molecule has 0 aliphatic carbocycles. The maximum absolute atomic E-state index is 12.0. The zero-order chi connectivity index (χ0) is 15.2. The largest absolute Gasteiger partial charge is 0.465 e. The Labute approximate surface area is 128 Å². The molecule has 0 rings (SSSR count). The van der Waals surface area contributed by atoms with Gasteiger partial charge in [0.2, 0.25) is 0 Å². The standard InChI is InChI=1S/C16H31FO2S/c1-4-5-10-15(16(18)19-13-14(2)3)20-12-9-7-6-8-11-17/h14-15H,4-13H2,1-3H3. The molecule has 2 nitrogen and oxygen atoms in total. The Morgan fingerprint density at radius 3 is 2.45 bits per heavy atom. The fourth-order valence-electron chi connectivity index (χ4n) is 1.78. The van der Waals surface area contributed by atoms with Gasteiger partial charge in [0.1, 0.15) is 5.25 Å². The minimum absolute atomic E-state index is 0.0186. The lowest BCUT2D eigenvalue weighted by molar-refractivity contribution is -0.144. The Bertz CT molecular complexity index is 235. The molecule has 0 aromatic carbocycles. The highest BCUT2D eigenvalue weighted by Crippen LogP contribution is 2.21. The second-order valence-electron chi connectivity index (χ2n) is 5.63. The number of halogens is 1. The highest BCUT2D eigenvalue weighted by Gasteiger charge is 2.20. The van der Waals surface area contributed by atoms with Crippen LogP contribution in [0.1, 0.15) is 65.7 Å². The maximum atomic E-state index is 12.0. The lowest BCUT2D eigenvalue weighted by atomic mass is 10.2. The molecule has 0 amide bonds. The molecule has 0 N–H and O–H groups in total. The molecule has 0 aliphatic rings. The molecule has 0 saturated heterocycles. The quantitative estimate of drug-likeness (QED) is 0.353. The predicted molar refractivity (Wildman–Crippen MR) is 86.0 cm³/mol. The zero-order valence-electron chi connectivity index (χ0n) is 13.3. The molecule has 120 valence electrons. The summed E-state index contributed by atoms with van der Waals surface area (Å²) in [6.45, 7) is 6.53. The third-order valence-electron chi connectivity index (χ3n) is 2.99. The van der Waals surface area contributed by atoms with Gasteiger partial charge in [-0.25, -0.2) is 0 Å². The molecular weight excluding hydrogens is 275 g/mol. The van der Waals surface area contributed by atoms with Gasteiger partial charge in [0.15, 0.2) is 0 Å². The highest BCUT2D eigenvalue weighted by molar-refractivity contribution is 8.00. The zero-order valence-corrected chi connectivity index (χ0v) is 14.1. The number of esters is 1. The van der Waals surface area contributed by atoms with Gasteiger partial charge in [-0.1, -0.05) is 46.5 Å². The fourth-order valence-corrected chi connectivity index (χ4v) is 2.97. The second-order valence-corrected chi connectivity index (χ2v) is 6.94. The van der Waals surface area contributed by atoms with E-state index in [1.165, 1.54) is 0 Å². The molecule has 0 radical (unpaired) electrons. The average molecular weight is 306 g/mol. The van der Waals surface area contributed by atoms with Crippen molar-refractivity contribution in [2.75, 3.05) is 19.0 Å². The molecule has 0 fully saturated rings. The van der Waals surface area contributed by atoms with E-state index < -0.39 is 0 Å². The number of carbonyl (C=O) groups is 1. The summed E-state index contributed by atoms with van der Waals surface area (Å²) in [5.74, 6) is 1.30. The third-order valence-corrected chi connectivity index (χ3v) is 4.34. The topological polar surface area (TPSA) is 26.3 Å². The Hall–Kier alpha value is -0.250. The molecule has 1 atom stereocenters. The lowest BCUT2D eigenvalue weighted by Gasteiger charge is -2.16. The van der Waals surface area contributed by atoms with E-state index >= 15 is 0 Å². The number of hydrogen-bond donors (Lipinski definition) is 0. The summed E-state index contributed by atoms with van der Waals surface area (Å²) in [5, 5.41) is -0.0186. The van der Waals surface area contributed by atoms with Gasteiger partial charge < -0.3 is 4.74 Å². The van der Waals surface area contributed by atoms with Gasteiger partial charge in [-0.3, -0.25) is 9.18 Å². The van der Waals surface area contributed by atoms with Crippen molar-refractivity contribution in [1.29, 1.82) is 0 Å². The third kappa shape index (κ3) is 11.6. The molecule has 0 aromatic heterocycles. The number of rotatable bonds is 13. The van der Waals surface area contributed by atoms with Crippen LogP contribution in [0.2, 0.25) is 0 Å². The molecule has 0 aromatic rings. The summed E-state index contributed by atoms with van der Waals surface area (Å²) in [4.78, 5) is 12.0. The molecule has 0 spiro atoms. The molecule has 0 aliphatic heterocycles. The monoisotopic (exact) mass is 306 g/mol. The van der Waals surface area contributed by atoms with Gasteiger partial charge in [-0.05, 0) is 30.9 Å². The SMILES string of the molecule is CCCCC(SCCCCCCF)C(=O)OCC(C)C. The van der Waals surface area contributed by atoms with Crippen molar-refractivity contribution in [2.45, 2.75) is 71.0 Å². The van der Waals surface area contributed by atoms with E-state index in [0.717, 1.165) is 44.3 Å². The summed E-state index contributed by atoms with van der Waals surface area (Å²) in [6.07, 6.45) is 6.81. The van der Waals surface area contributed by atoms with E-state index in [0.29, 0.717) is 18.9 Å². The number of thioether (sulfide) groups is 1. The average Bonchev–Trinajstić information content (AvgIpc) is 2.43. The minimum atomic E-state index is -0.214. The highest BCUT2D eigenvalue weighted by atomic mass is 32.2. The van der Waals surface area contributed by atoms with Crippen LogP contribution < -0.4 is 0 Å². The summed E-state index contributed by atoms with van der Waals surface area (Å²) in [7, 11) is 0. The molecular formula is C16H31FO2S. The summed E-state index contributed by atoms with van der Waals surface area (Å²) < 4.78 is 17.3. The number of unbranched alkanes of at least 4 members (excludes halogenated alkanes) is 4. The summed E-state index contributed by atoms with van der Waals surface area (Å²) in [6, 6.07) is 0. The van der Waals surface area contributed by atoms with Crippen molar-refractivity contribution in [3.05, 3.63) is 0 Å². The van der Waals surface area contributed by atoms with E-state index in [-0.39, 0.29) is 17.9 Å². The van der Waals surface area contributed by atoms with Crippen molar-refractivity contribution in [3.8, 4) is 0 Å². The van der Waals surface area contributed by atoms with E-state index in [1.807, 2.05) is 13.8 Å². The van der Waals surface area contributed by atoms with E-state index in [2.05, 4.69) is 6.92 Å². The van der Waals surface area contributed by atoms with Crippen LogP contribution in [0.25, 0.3) is 0 Å². The number of hydrogen-bond acceptors (Lipinski definition) is 3. The van der Waals surface area contributed by atoms with E-state index in [4.69, 9.17) is 4.74 Å². The molecule has 20 heavy (non-hydrogen) atoms. The summed E-state index contributed by atoms with van der Waals surface area (Å²) in [5.41, 5.74) is 0. The Morgan fingerprint density at radius 2 is 1.85 bits per heavy atom. The van der Waals surface area contributed by atoms with Crippen LogP contribution in [0.5, 0.6) is 0 Å².